The molecule has 0 amide bonds. The number of hydrogen-bond donors (Lipinski definition) is 1. The molecule has 0 spiro atoms. The quantitative estimate of drug-likeness (QED) is 0.743. The third-order valence-corrected chi connectivity index (χ3v) is 4.69. The lowest BCUT2D eigenvalue weighted by Gasteiger charge is -2.36. The molecule has 4 nitrogen and oxygen atoms in total. The minimum Gasteiger partial charge on any atom is -0.496 e. The number of hydrogen-bond acceptors (Lipinski definition) is 4. The fourth-order valence-electron chi connectivity index (χ4n) is 3.49. The Hall–Kier alpha value is -1.26. The van der Waals surface area contributed by atoms with E-state index < -0.39 is 0 Å². The van der Waals surface area contributed by atoms with Gasteiger partial charge in [-0.25, -0.2) is 0 Å². The van der Waals surface area contributed by atoms with Gasteiger partial charge in [0, 0.05) is 32.2 Å². The summed E-state index contributed by atoms with van der Waals surface area (Å²) in [6.07, 6.45) is 4.92. The van der Waals surface area contributed by atoms with E-state index >= 15 is 0 Å². The van der Waals surface area contributed by atoms with Crippen molar-refractivity contribution < 1.29 is 9.47 Å². The zero-order valence-corrected chi connectivity index (χ0v) is 15.2. The molecule has 4 heteroatoms. The van der Waals surface area contributed by atoms with E-state index in [1.807, 2.05) is 0 Å². The lowest BCUT2D eigenvalue weighted by molar-refractivity contribution is 0.157. The minimum absolute atomic E-state index is 0.370. The van der Waals surface area contributed by atoms with Gasteiger partial charge in [-0.15, -0.1) is 0 Å². The lowest BCUT2D eigenvalue weighted by atomic mass is 9.95. The summed E-state index contributed by atoms with van der Waals surface area (Å²) in [5.74, 6) is 1.92. The Labute approximate surface area is 141 Å². The maximum Gasteiger partial charge on any atom is 0.127 e. The van der Waals surface area contributed by atoms with E-state index in [9.17, 15) is 0 Å². The molecule has 2 rings (SSSR count). The van der Waals surface area contributed by atoms with Gasteiger partial charge in [0.2, 0.25) is 0 Å². The maximum absolute atomic E-state index is 5.72. The number of unbranched alkanes of at least 4 members (excludes halogenated alkanes) is 2. The highest BCUT2D eigenvalue weighted by Gasteiger charge is 2.27. The molecule has 130 valence electrons. The van der Waals surface area contributed by atoms with Crippen LogP contribution in [-0.2, 0) is 0 Å². The highest BCUT2D eigenvalue weighted by molar-refractivity contribution is 5.50. The second-order valence-corrected chi connectivity index (χ2v) is 6.38. The lowest BCUT2D eigenvalue weighted by Crippen LogP contribution is -2.45. The summed E-state index contributed by atoms with van der Waals surface area (Å²) >= 11 is 0. The Balaban J connectivity index is 2.36. The van der Waals surface area contributed by atoms with Crippen molar-refractivity contribution in [1.29, 1.82) is 0 Å². The number of nitrogens with one attached hydrogen (secondary N) is 1. The Morgan fingerprint density at radius 1 is 1.09 bits per heavy atom. The molecule has 1 aliphatic rings. The molecule has 0 aliphatic carbocycles. The van der Waals surface area contributed by atoms with E-state index in [1.165, 1.54) is 30.4 Å². The predicted octanol–water partition coefficient (Wildman–Crippen LogP) is 3.54. The number of rotatable bonds is 8. The van der Waals surface area contributed by atoms with Crippen LogP contribution in [0.4, 0.5) is 0 Å². The molecule has 1 aromatic carbocycles. The molecule has 1 heterocycles. The van der Waals surface area contributed by atoms with Crippen LogP contribution in [0.1, 0.15) is 49.8 Å². The van der Waals surface area contributed by atoms with Crippen LogP contribution in [0, 0.1) is 6.92 Å². The van der Waals surface area contributed by atoms with Gasteiger partial charge in [0.05, 0.1) is 19.8 Å². The van der Waals surface area contributed by atoms with Crippen LogP contribution < -0.4 is 14.8 Å². The van der Waals surface area contributed by atoms with Gasteiger partial charge in [0.15, 0.2) is 0 Å². The zero-order valence-electron chi connectivity index (χ0n) is 15.2. The Bertz CT molecular complexity index is 459. The Morgan fingerprint density at radius 2 is 1.70 bits per heavy atom. The number of aryl methyl sites for hydroxylation is 1. The monoisotopic (exact) mass is 320 g/mol. The van der Waals surface area contributed by atoms with Crippen molar-refractivity contribution in [3.05, 3.63) is 23.3 Å². The molecule has 0 aromatic heterocycles. The van der Waals surface area contributed by atoms with Crippen molar-refractivity contribution in [1.82, 2.24) is 10.2 Å². The fourth-order valence-corrected chi connectivity index (χ4v) is 3.49. The van der Waals surface area contributed by atoms with E-state index in [1.54, 1.807) is 14.2 Å². The SMILES string of the molecule is CCCCC[C@H](c1c(OC)cc(C)cc1OC)N1CCNCC1. The highest BCUT2D eigenvalue weighted by Crippen LogP contribution is 2.40. The molecule has 0 bridgehead atoms. The van der Waals surface area contributed by atoms with Crippen LogP contribution in [-0.4, -0.2) is 45.3 Å². The first-order chi connectivity index (χ1) is 11.2. The van der Waals surface area contributed by atoms with Gasteiger partial charge in [-0.1, -0.05) is 26.2 Å². The second kappa shape index (κ2) is 9.14. The average Bonchev–Trinajstić information content (AvgIpc) is 2.59. The molecular formula is C19H32N2O2. The molecule has 1 aromatic rings. The largest absolute Gasteiger partial charge is 0.496 e. The van der Waals surface area contributed by atoms with Crippen molar-refractivity contribution in [2.45, 2.75) is 45.6 Å². The van der Waals surface area contributed by atoms with Crippen molar-refractivity contribution in [3.8, 4) is 11.5 Å². The summed E-state index contributed by atoms with van der Waals surface area (Å²) in [4.78, 5) is 2.59. The first-order valence-electron chi connectivity index (χ1n) is 8.88. The fraction of sp³-hybridized carbons (Fsp3) is 0.684. The Morgan fingerprint density at radius 3 is 2.22 bits per heavy atom. The smallest absolute Gasteiger partial charge is 0.127 e. The summed E-state index contributed by atoms with van der Waals surface area (Å²) in [6.45, 7) is 8.62. The van der Waals surface area contributed by atoms with Crippen LogP contribution in [0.5, 0.6) is 11.5 Å². The van der Waals surface area contributed by atoms with Gasteiger partial charge in [0.1, 0.15) is 11.5 Å². The molecule has 0 saturated carbocycles. The second-order valence-electron chi connectivity index (χ2n) is 6.38. The van der Waals surface area contributed by atoms with E-state index in [4.69, 9.17) is 9.47 Å². The minimum atomic E-state index is 0.370. The van der Waals surface area contributed by atoms with Crippen LogP contribution >= 0.6 is 0 Å². The highest BCUT2D eigenvalue weighted by atomic mass is 16.5. The standard InChI is InChI=1S/C19H32N2O2/c1-5-6-7-8-16(21-11-9-20-10-12-21)19-17(22-3)13-15(2)14-18(19)23-4/h13-14,16,20H,5-12H2,1-4H3/t16-/m1/s1. The van der Waals surface area contributed by atoms with Crippen molar-refractivity contribution in [2.75, 3.05) is 40.4 Å². The number of piperazine rings is 1. The molecule has 0 radical (unpaired) electrons. The molecule has 0 unspecified atom stereocenters. The average molecular weight is 320 g/mol. The van der Waals surface area contributed by atoms with Gasteiger partial charge in [-0.05, 0) is 31.0 Å². The summed E-state index contributed by atoms with van der Waals surface area (Å²) < 4.78 is 11.4. The summed E-state index contributed by atoms with van der Waals surface area (Å²) in [7, 11) is 3.52. The van der Waals surface area contributed by atoms with Gasteiger partial charge in [0.25, 0.3) is 0 Å². The first kappa shape index (κ1) is 18.1. The van der Waals surface area contributed by atoms with E-state index in [0.717, 1.165) is 44.1 Å². The van der Waals surface area contributed by atoms with Crippen LogP contribution in [0.15, 0.2) is 12.1 Å². The molecule has 1 N–H and O–H groups in total. The molecule has 1 fully saturated rings. The van der Waals surface area contributed by atoms with Gasteiger partial charge in [-0.3, -0.25) is 4.90 Å². The molecule has 23 heavy (non-hydrogen) atoms. The maximum atomic E-state index is 5.72. The number of nitrogens with zero attached hydrogens (tertiary/aromatic N) is 1. The predicted molar refractivity (Wildman–Crippen MR) is 95.6 cm³/mol. The van der Waals surface area contributed by atoms with Gasteiger partial charge >= 0.3 is 0 Å². The topological polar surface area (TPSA) is 33.7 Å². The zero-order chi connectivity index (χ0) is 16.7. The molecular weight excluding hydrogens is 288 g/mol. The first-order valence-corrected chi connectivity index (χ1v) is 8.88. The van der Waals surface area contributed by atoms with Crippen molar-refractivity contribution >= 4 is 0 Å². The van der Waals surface area contributed by atoms with Crippen LogP contribution in [0.3, 0.4) is 0 Å². The normalized spacial score (nSPS) is 17.0. The number of benzene rings is 1. The third kappa shape index (κ3) is 4.61. The van der Waals surface area contributed by atoms with Gasteiger partial charge < -0.3 is 14.8 Å². The summed E-state index contributed by atoms with van der Waals surface area (Å²) in [5, 5.41) is 3.45. The van der Waals surface area contributed by atoms with Crippen molar-refractivity contribution in [3.63, 3.8) is 0 Å². The van der Waals surface area contributed by atoms with E-state index in [-0.39, 0.29) is 0 Å². The molecule has 1 aliphatic heterocycles. The van der Waals surface area contributed by atoms with Crippen LogP contribution in [0.25, 0.3) is 0 Å². The van der Waals surface area contributed by atoms with E-state index in [0.29, 0.717) is 6.04 Å². The van der Waals surface area contributed by atoms with Crippen LogP contribution in [0.2, 0.25) is 0 Å². The molecule has 1 saturated heterocycles. The van der Waals surface area contributed by atoms with Crippen molar-refractivity contribution in [2.24, 2.45) is 0 Å². The van der Waals surface area contributed by atoms with Gasteiger partial charge in [-0.2, -0.15) is 0 Å². The summed E-state index contributed by atoms with van der Waals surface area (Å²) in [6, 6.07) is 4.63. The summed E-state index contributed by atoms with van der Waals surface area (Å²) in [5.41, 5.74) is 2.40. The molecule has 1 atom stereocenters. The number of methoxy groups -OCH3 is 2. The Kier molecular flexibility index (Phi) is 7.18. The third-order valence-electron chi connectivity index (χ3n) is 4.69. The number of ether oxygens (including phenoxy) is 2. The van der Waals surface area contributed by atoms with E-state index in [2.05, 4.69) is 36.2 Å².